The van der Waals surface area contributed by atoms with E-state index in [4.69, 9.17) is 0 Å². The number of rotatable bonds is 6. The van der Waals surface area contributed by atoms with Crippen LogP contribution in [0.2, 0.25) is 0 Å². The van der Waals surface area contributed by atoms with E-state index < -0.39 is 6.10 Å². The molecule has 17 heavy (non-hydrogen) atoms. The van der Waals surface area contributed by atoms with Crippen molar-refractivity contribution < 1.29 is 5.11 Å². The lowest BCUT2D eigenvalue weighted by Gasteiger charge is -2.12. The Morgan fingerprint density at radius 2 is 2.29 bits per heavy atom. The average molecular weight is 304 g/mol. The summed E-state index contributed by atoms with van der Waals surface area (Å²) in [5, 5.41) is 16.5. The highest BCUT2D eigenvalue weighted by atomic mass is 79.9. The molecule has 1 rings (SSSR count). The number of halogens is 1. The largest absolute Gasteiger partial charge is 0.391 e. The molecule has 1 aromatic rings. The number of anilines is 1. The predicted octanol–water partition coefficient (Wildman–Crippen LogP) is 1.60. The molecule has 0 aliphatic carbocycles. The van der Waals surface area contributed by atoms with Crippen molar-refractivity contribution >= 4 is 21.6 Å². The smallest absolute Gasteiger partial charge is 0.283 e. The van der Waals surface area contributed by atoms with Crippen LogP contribution in [0.4, 0.5) is 5.69 Å². The van der Waals surface area contributed by atoms with E-state index in [1.807, 2.05) is 13.8 Å². The summed E-state index contributed by atoms with van der Waals surface area (Å²) in [5.41, 5.74) is 0.470. The first kappa shape index (κ1) is 14.2. The summed E-state index contributed by atoms with van der Waals surface area (Å²) in [6, 6.07) is 0. The van der Waals surface area contributed by atoms with Crippen LogP contribution < -0.4 is 10.9 Å². The third-order valence-corrected chi connectivity index (χ3v) is 3.19. The molecule has 0 aromatic carbocycles. The Bertz CT molecular complexity index is 420. The third-order valence-electron chi connectivity index (χ3n) is 2.42. The molecule has 0 bridgehead atoms. The molecule has 0 aliphatic rings. The van der Waals surface area contributed by atoms with Gasteiger partial charge in [-0.15, -0.1) is 0 Å². The lowest BCUT2D eigenvalue weighted by molar-refractivity contribution is 0.183. The average Bonchev–Trinajstić information content (AvgIpc) is 2.34. The molecule has 2 N–H and O–H groups in total. The van der Waals surface area contributed by atoms with Gasteiger partial charge in [-0.3, -0.25) is 4.79 Å². The second-order valence-corrected chi connectivity index (χ2v) is 4.64. The molecule has 1 atom stereocenters. The molecule has 5 nitrogen and oxygen atoms in total. The van der Waals surface area contributed by atoms with E-state index in [1.165, 1.54) is 4.68 Å². The number of nitrogens with zero attached hydrogens (tertiary/aromatic N) is 2. The minimum absolute atomic E-state index is 0.150. The van der Waals surface area contributed by atoms with Crippen LogP contribution in [-0.4, -0.2) is 27.5 Å². The van der Waals surface area contributed by atoms with E-state index in [-0.39, 0.29) is 5.56 Å². The maximum atomic E-state index is 11.8. The van der Waals surface area contributed by atoms with Gasteiger partial charge in [0.05, 0.1) is 18.0 Å². The Labute approximate surface area is 109 Å². The molecule has 0 fully saturated rings. The summed E-state index contributed by atoms with van der Waals surface area (Å²) >= 11 is 3.26. The van der Waals surface area contributed by atoms with Gasteiger partial charge < -0.3 is 10.4 Å². The molecule has 96 valence electrons. The zero-order valence-corrected chi connectivity index (χ0v) is 11.7. The van der Waals surface area contributed by atoms with Gasteiger partial charge in [0, 0.05) is 13.1 Å². The number of hydrogen-bond donors (Lipinski definition) is 2. The molecular weight excluding hydrogens is 286 g/mol. The lowest BCUT2D eigenvalue weighted by Crippen LogP contribution is -2.26. The van der Waals surface area contributed by atoms with E-state index in [0.29, 0.717) is 29.7 Å². The van der Waals surface area contributed by atoms with Crippen LogP contribution in [0.15, 0.2) is 15.5 Å². The van der Waals surface area contributed by atoms with Gasteiger partial charge >= 0.3 is 0 Å². The molecule has 1 aromatic heterocycles. The summed E-state index contributed by atoms with van der Waals surface area (Å²) < 4.78 is 1.88. The molecule has 0 saturated heterocycles. The van der Waals surface area contributed by atoms with Gasteiger partial charge in [-0.2, -0.15) is 5.10 Å². The highest BCUT2D eigenvalue weighted by Crippen LogP contribution is 2.16. The van der Waals surface area contributed by atoms with Crippen molar-refractivity contribution in [2.75, 3.05) is 11.9 Å². The monoisotopic (exact) mass is 303 g/mol. The number of hydrogen-bond acceptors (Lipinski definition) is 4. The van der Waals surface area contributed by atoms with E-state index in [2.05, 4.69) is 26.3 Å². The molecule has 0 saturated carbocycles. The number of aliphatic hydroxyl groups is 1. The summed E-state index contributed by atoms with van der Waals surface area (Å²) in [4.78, 5) is 11.8. The molecule has 0 amide bonds. The van der Waals surface area contributed by atoms with Gasteiger partial charge in [-0.05, 0) is 28.8 Å². The fourth-order valence-electron chi connectivity index (χ4n) is 1.33. The fourth-order valence-corrected chi connectivity index (χ4v) is 1.78. The van der Waals surface area contributed by atoms with Crippen LogP contribution in [0.25, 0.3) is 0 Å². The van der Waals surface area contributed by atoms with E-state index in [0.717, 1.165) is 6.42 Å². The van der Waals surface area contributed by atoms with Crippen LogP contribution in [0, 0.1) is 0 Å². The second-order valence-electron chi connectivity index (χ2n) is 3.84. The van der Waals surface area contributed by atoms with Crippen LogP contribution in [0.3, 0.4) is 0 Å². The first-order chi connectivity index (χ1) is 8.10. The highest BCUT2D eigenvalue weighted by molar-refractivity contribution is 9.10. The number of aryl methyl sites for hydroxylation is 1. The number of aliphatic hydroxyl groups excluding tert-OH is 1. The van der Waals surface area contributed by atoms with Crippen LogP contribution in [-0.2, 0) is 6.54 Å². The Kier molecular flexibility index (Phi) is 5.64. The normalized spacial score (nSPS) is 12.5. The molecule has 0 aliphatic heterocycles. The van der Waals surface area contributed by atoms with Crippen molar-refractivity contribution in [2.24, 2.45) is 0 Å². The minimum Gasteiger partial charge on any atom is -0.391 e. The van der Waals surface area contributed by atoms with Gasteiger partial charge in [0.2, 0.25) is 0 Å². The Hall–Kier alpha value is -0.880. The van der Waals surface area contributed by atoms with Crippen molar-refractivity contribution in [2.45, 2.75) is 39.3 Å². The van der Waals surface area contributed by atoms with Gasteiger partial charge in [-0.25, -0.2) is 4.68 Å². The molecule has 0 radical (unpaired) electrons. The Morgan fingerprint density at radius 3 is 2.88 bits per heavy atom. The quantitative estimate of drug-likeness (QED) is 0.838. The van der Waals surface area contributed by atoms with Crippen molar-refractivity contribution in [1.29, 1.82) is 0 Å². The molecule has 1 unspecified atom stereocenters. The maximum absolute atomic E-state index is 11.8. The van der Waals surface area contributed by atoms with Gasteiger partial charge in [0.25, 0.3) is 5.56 Å². The molecule has 1 heterocycles. The summed E-state index contributed by atoms with van der Waals surface area (Å²) in [5.74, 6) is 0. The van der Waals surface area contributed by atoms with E-state index in [9.17, 15) is 9.90 Å². The van der Waals surface area contributed by atoms with E-state index >= 15 is 0 Å². The van der Waals surface area contributed by atoms with Gasteiger partial charge in [0.1, 0.15) is 4.47 Å². The Morgan fingerprint density at radius 1 is 1.59 bits per heavy atom. The van der Waals surface area contributed by atoms with Gasteiger partial charge in [0.15, 0.2) is 0 Å². The second kappa shape index (κ2) is 6.76. The molecule has 6 heteroatoms. The van der Waals surface area contributed by atoms with Gasteiger partial charge in [-0.1, -0.05) is 13.8 Å². The summed E-state index contributed by atoms with van der Waals surface area (Å²) in [6.45, 7) is 4.91. The molecule has 0 spiro atoms. The standard InChI is InChI=1S/C11H18BrN3O2/c1-3-5-15-11(17)10(12)9(7-14-15)13-6-8(16)4-2/h7-8,13,16H,3-6H2,1-2H3. The topological polar surface area (TPSA) is 67.2 Å². The predicted molar refractivity (Wildman–Crippen MR) is 71.3 cm³/mol. The maximum Gasteiger partial charge on any atom is 0.283 e. The highest BCUT2D eigenvalue weighted by Gasteiger charge is 2.09. The lowest BCUT2D eigenvalue weighted by atomic mass is 10.3. The van der Waals surface area contributed by atoms with Crippen molar-refractivity contribution in [3.05, 3.63) is 21.0 Å². The van der Waals surface area contributed by atoms with Crippen molar-refractivity contribution in [3.63, 3.8) is 0 Å². The zero-order chi connectivity index (χ0) is 12.8. The fraction of sp³-hybridized carbons (Fsp3) is 0.636. The molecular formula is C11H18BrN3O2. The number of nitrogens with one attached hydrogen (secondary N) is 1. The van der Waals surface area contributed by atoms with Crippen molar-refractivity contribution in [3.8, 4) is 0 Å². The minimum atomic E-state index is -0.417. The van der Waals surface area contributed by atoms with Crippen molar-refractivity contribution in [1.82, 2.24) is 9.78 Å². The first-order valence-electron chi connectivity index (χ1n) is 5.77. The zero-order valence-electron chi connectivity index (χ0n) is 10.1. The van der Waals surface area contributed by atoms with Crippen LogP contribution >= 0.6 is 15.9 Å². The van der Waals surface area contributed by atoms with E-state index in [1.54, 1.807) is 6.20 Å². The third kappa shape index (κ3) is 3.81. The van der Waals surface area contributed by atoms with Crippen LogP contribution in [0.5, 0.6) is 0 Å². The summed E-state index contributed by atoms with van der Waals surface area (Å²) in [6.07, 6.45) is 2.72. The van der Waals surface area contributed by atoms with Crippen LogP contribution in [0.1, 0.15) is 26.7 Å². The summed E-state index contributed by atoms with van der Waals surface area (Å²) in [7, 11) is 0. The first-order valence-corrected chi connectivity index (χ1v) is 6.57. The SMILES string of the molecule is CCCn1ncc(NCC(O)CC)c(Br)c1=O. The Balaban J connectivity index is 2.82. The number of aromatic nitrogens is 2.